The highest BCUT2D eigenvalue weighted by atomic mass is 35.5. The summed E-state index contributed by atoms with van der Waals surface area (Å²) in [5, 5.41) is 6.17. The lowest BCUT2D eigenvalue weighted by atomic mass is 10.1. The molecule has 0 fully saturated rings. The van der Waals surface area contributed by atoms with Gasteiger partial charge in [0.2, 0.25) is 0 Å². The highest BCUT2D eigenvalue weighted by Gasteiger charge is 2.21. The van der Waals surface area contributed by atoms with Crippen LogP contribution < -0.4 is 10.6 Å². The highest BCUT2D eigenvalue weighted by molar-refractivity contribution is 7.99. The van der Waals surface area contributed by atoms with E-state index in [1.807, 2.05) is 12.1 Å². The van der Waals surface area contributed by atoms with E-state index in [0.29, 0.717) is 28.4 Å². The van der Waals surface area contributed by atoms with Crippen LogP contribution in [0.25, 0.3) is 0 Å². The molecular weight excluding hydrogens is 384 g/mol. The van der Waals surface area contributed by atoms with Crippen LogP contribution in [0.1, 0.15) is 26.3 Å². The van der Waals surface area contributed by atoms with E-state index in [1.165, 1.54) is 18.1 Å². The third-order valence-electron chi connectivity index (χ3n) is 3.96. The predicted octanol–water partition coefficient (Wildman–Crippen LogP) is 3.78. The Kier molecular flexibility index (Phi) is 4.79. The molecule has 0 unspecified atom stereocenters. The van der Waals surface area contributed by atoms with Crippen molar-refractivity contribution in [2.45, 2.75) is 16.3 Å². The Labute approximate surface area is 164 Å². The minimum atomic E-state index is -0.252. The second-order valence-electron chi connectivity index (χ2n) is 5.84. The number of hydrogen-bond acceptors (Lipinski definition) is 5. The Morgan fingerprint density at radius 2 is 1.89 bits per heavy atom. The molecule has 2 aromatic carbocycles. The number of carbonyl (C=O) groups is 2. The standard InChI is InChI=1S/C19H13ClN4O2S/c20-13-2-4-16-14(6-13)19(26)24-15-5-12(1-3-17(15)27-16)18(25)23-9-11-7-21-10-22-8-11/h1-8,10H,9H2,(H,23,25)(H,24,26). The molecule has 0 saturated carbocycles. The maximum atomic E-state index is 12.5. The van der Waals surface area contributed by atoms with Crippen molar-refractivity contribution < 1.29 is 9.59 Å². The van der Waals surface area contributed by atoms with Crippen LogP contribution in [0, 0.1) is 0 Å². The van der Waals surface area contributed by atoms with Crippen molar-refractivity contribution in [3.05, 3.63) is 76.8 Å². The molecule has 3 aromatic rings. The second-order valence-corrected chi connectivity index (χ2v) is 7.36. The molecule has 0 bridgehead atoms. The Hall–Kier alpha value is -2.90. The fourth-order valence-corrected chi connectivity index (χ4v) is 3.80. The van der Waals surface area contributed by atoms with Crippen LogP contribution in [0.3, 0.4) is 0 Å². The number of amides is 2. The maximum Gasteiger partial charge on any atom is 0.256 e. The number of halogens is 1. The van der Waals surface area contributed by atoms with Crippen LogP contribution in [0.2, 0.25) is 5.02 Å². The highest BCUT2D eigenvalue weighted by Crippen LogP contribution is 2.39. The number of hydrogen-bond donors (Lipinski definition) is 2. The summed E-state index contributed by atoms with van der Waals surface area (Å²) in [4.78, 5) is 34.5. The molecule has 0 saturated heterocycles. The number of benzene rings is 2. The predicted molar refractivity (Wildman–Crippen MR) is 103 cm³/mol. The molecule has 2 amide bonds. The maximum absolute atomic E-state index is 12.5. The van der Waals surface area contributed by atoms with Crippen molar-refractivity contribution in [3.8, 4) is 0 Å². The summed E-state index contributed by atoms with van der Waals surface area (Å²) in [5.74, 6) is -0.497. The van der Waals surface area contributed by atoms with E-state index in [-0.39, 0.29) is 11.8 Å². The first-order chi connectivity index (χ1) is 13.1. The lowest BCUT2D eigenvalue weighted by molar-refractivity contribution is 0.0949. The molecule has 0 aliphatic carbocycles. The fraction of sp³-hybridized carbons (Fsp3) is 0.0526. The lowest BCUT2D eigenvalue weighted by Gasteiger charge is -2.09. The van der Waals surface area contributed by atoms with Crippen molar-refractivity contribution in [2.75, 3.05) is 5.32 Å². The van der Waals surface area contributed by atoms with Crippen molar-refractivity contribution in [3.63, 3.8) is 0 Å². The van der Waals surface area contributed by atoms with Crippen LogP contribution in [0.4, 0.5) is 5.69 Å². The number of aromatic nitrogens is 2. The molecule has 1 aliphatic rings. The molecule has 0 atom stereocenters. The van der Waals surface area contributed by atoms with Gasteiger partial charge in [0, 0.05) is 44.9 Å². The number of anilines is 1. The van der Waals surface area contributed by atoms with E-state index in [2.05, 4.69) is 20.6 Å². The van der Waals surface area contributed by atoms with Crippen molar-refractivity contribution in [2.24, 2.45) is 0 Å². The monoisotopic (exact) mass is 396 g/mol. The number of fused-ring (bicyclic) bond motifs is 2. The van der Waals surface area contributed by atoms with E-state index >= 15 is 0 Å². The quantitative estimate of drug-likeness (QED) is 0.703. The molecule has 2 N–H and O–H groups in total. The molecule has 1 aromatic heterocycles. The topological polar surface area (TPSA) is 84.0 Å². The van der Waals surface area contributed by atoms with Gasteiger partial charge in [-0.1, -0.05) is 23.4 Å². The third kappa shape index (κ3) is 3.79. The van der Waals surface area contributed by atoms with Gasteiger partial charge in [0.05, 0.1) is 11.3 Å². The van der Waals surface area contributed by atoms with Gasteiger partial charge < -0.3 is 10.6 Å². The van der Waals surface area contributed by atoms with Gasteiger partial charge in [0.1, 0.15) is 6.33 Å². The van der Waals surface area contributed by atoms with E-state index in [0.717, 1.165) is 15.4 Å². The number of carbonyl (C=O) groups excluding carboxylic acids is 2. The molecule has 0 spiro atoms. The van der Waals surface area contributed by atoms with E-state index in [9.17, 15) is 9.59 Å². The van der Waals surface area contributed by atoms with Gasteiger partial charge in [-0.25, -0.2) is 9.97 Å². The molecule has 2 heterocycles. The first kappa shape index (κ1) is 17.5. The van der Waals surface area contributed by atoms with Crippen molar-refractivity contribution in [1.82, 2.24) is 15.3 Å². The minimum absolute atomic E-state index is 0.245. The average Bonchev–Trinajstić information content (AvgIpc) is 2.82. The number of nitrogens with zero attached hydrogens (tertiary/aromatic N) is 2. The number of rotatable bonds is 3. The first-order valence-electron chi connectivity index (χ1n) is 8.05. The zero-order valence-corrected chi connectivity index (χ0v) is 15.5. The summed E-state index contributed by atoms with van der Waals surface area (Å²) in [6.45, 7) is 0.321. The van der Waals surface area contributed by atoms with Crippen LogP contribution >= 0.6 is 23.4 Å². The molecular formula is C19H13ClN4O2S. The van der Waals surface area contributed by atoms with Crippen LogP contribution in [0.5, 0.6) is 0 Å². The summed E-state index contributed by atoms with van der Waals surface area (Å²) in [6, 6.07) is 10.4. The van der Waals surface area contributed by atoms with Crippen molar-refractivity contribution in [1.29, 1.82) is 0 Å². The fourth-order valence-electron chi connectivity index (χ4n) is 2.64. The summed E-state index contributed by atoms with van der Waals surface area (Å²) in [6.07, 6.45) is 4.72. The first-order valence-corrected chi connectivity index (χ1v) is 9.24. The smallest absolute Gasteiger partial charge is 0.256 e. The average molecular weight is 397 g/mol. The van der Waals surface area contributed by atoms with Crippen LogP contribution in [-0.2, 0) is 6.54 Å². The zero-order valence-electron chi connectivity index (χ0n) is 13.9. The normalized spacial score (nSPS) is 12.4. The molecule has 134 valence electrons. The van der Waals surface area contributed by atoms with Crippen molar-refractivity contribution >= 4 is 40.9 Å². The summed E-state index contributed by atoms with van der Waals surface area (Å²) in [7, 11) is 0. The third-order valence-corrected chi connectivity index (χ3v) is 5.35. The summed E-state index contributed by atoms with van der Waals surface area (Å²) < 4.78 is 0. The Bertz CT molecular complexity index is 1040. The molecule has 0 radical (unpaired) electrons. The molecule has 6 nitrogen and oxygen atoms in total. The molecule has 1 aliphatic heterocycles. The molecule has 8 heteroatoms. The van der Waals surface area contributed by atoms with E-state index < -0.39 is 0 Å². The Morgan fingerprint density at radius 1 is 1.11 bits per heavy atom. The molecule has 4 rings (SSSR count). The summed E-state index contributed by atoms with van der Waals surface area (Å²) >= 11 is 7.46. The van der Waals surface area contributed by atoms with Gasteiger partial charge in [-0.05, 0) is 36.4 Å². The lowest BCUT2D eigenvalue weighted by Crippen LogP contribution is -2.23. The van der Waals surface area contributed by atoms with Gasteiger partial charge in [0.25, 0.3) is 11.8 Å². The largest absolute Gasteiger partial charge is 0.348 e. The Balaban J connectivity index is 1.56. The van der Waals surface area contributed by atoms with E-state index in [4.69, 9.17) is 11.6 Å². The van der Waals surface area contributed by atoms with Gasteiger partial charge in [-0.15, -0.1) is 0 Å². The zero-order chi connectivity index (χ0) is 18.8. The van der Waals surface area contributed by atoms with E-state index in [1.54, 1.807) is 36.7 Å². The Morgan fingerprint density at radius 3 is 2.70 bits per heavy atom. The van der Waals surface area contributed by atoms with Gasteiger partial charge >= 0.3 is 0 Å². The molecule has 27 heavy (non-hydrogen) atoms. The van der Waals surface area contributed by atoms with Gasteiger partial charge in [-0.2, -0.15) is 0 Å². The SMILES string of the molecule is O=C(NCc1cncnc1)c1ccc2c(c1)NC(=O)c1cc(Cl)ccc1S2. The van der Waals surface area contributed by atoms with Crippen LogP contribution in [-0.4, -0.2) is 21.8 Å². The minimum Gasteiger partial charge on any atom is -0.348 e. The second kappa shape index (κ2) is 7.38. The summed E-state index contributed by atoms with van der Waals surface area (Å²) in [5.41, 5.74) is 2.36. The van der Waals surface area contributed by atoms with Crippen LogP contribution in [0.15, 0.2) is 64.9 Å². The number of nitrogens with one attached hydrogen (secondary N) is 2. The van der Waals surface area contributed by atoms with Gasteiger partial charge in [-0.3, -0.25) is 9.59 Å². The van der Waals surface area contributed by atoms with Gasteiger partial charge in [0.15, 0.2) is 0 Å².